The van der Waals surface area contributed by atoms with Crippen LogP contribution in [0.4, 0.5) is 0 Å². The van der Waals surface area contributed by atoms with Crippen molar-refractivity contribution in [2.45, 2.75) is 0 Å². The zero-order chi connectivity index (χ0) is 14.5. The highest BCUT2D eigenvalue weighted by molar-refractivity contribution is 5.91. The van der Waals surface area contributed by atoms with Crippen molar-refractivity contribution in [3.63, 3.8) is 0 Å². The molecule has 0 N–H and O–H groups in total. The highest BCUT2D eigenvalue weighted by Gasteiger charge is 2.11. The van der Waals surface area contributed by atoms with Crippen molar-refractivity contribution in [2.24, 2.45) is 0 Å². The summed E-state index contributed by atoms with van der Waals surface area (Å²) in [5.41, 5.74) is 1.07. The number of ether oxygens (including phenoxy) is 1. The summed E-state index contributed by atoms with van der Waals surface area (Å²) in [6, 6.07) is 6.53. The molecule has 8 heteroatoms. The fraction of sp³-hybridized carbons (Fsp3) is 0.250. The van der Waals surface area contributed by atoms with Gasteiger partial charge in [0.05, 0.1) is 11.3 Å². The van der Waals surface area contributed by atoms with E-state index in [-0.39, 0.29) is 12.5 Å². The maximum atomic E-state index is 11.7. The van der Waals surface area contributed by atoms with Crippen molar-refractivity contribution in [1.29, 1.82) is 0 Å². The molecule has 0 spiro atoms. The Bertz CT molecular complexity index is 592. The molecule has 0 radical (unpaired) electrons. The predicted octanol–water partition coefficient (Wildman–Crippen LogP) is -0.0927. The van der Waals surface area contributed by atoms with Gasteiger partial charge in [0.1, 0.15) is 6.33 Å². The number of carbonyl (C=O) groups excluding carboxylic acids is 2. The average molecular weight is 275 g/mol. The van der Waals surface area contributed by atoms with Crippen LogP contribution in [0.15, 0.2) is 30.6 Å². The first kappa shape index (κ1) is 13.7. The minimum absolute atomic E-state index is 0.274. The fourth-order valence-corrected chi connectivity index (χ4v) is 1.37. The number of aromatic nitrogens is 4. The molecule has 0 saturated heterocycles. The lowest BCUT2D eigenvalue weighted by molar-refractivity contribution is -0.131. The van der Waals surface area contributed by atoms with E-state index in [0.29, 0.717) is 5.56 Å². The van der Waals surface area contributed by atoms with Gasteiger partial charge in [0.15, 0.2) is 6.61 Å². The monoisotopic (exact) mass is 275 g/mol. The molecule has 1 heterocycles. The number of likely N-dealkylation sites (N-methyl/N-ethyl adjacent to an activating group) is 1. The number of tetrazole rings is 1. The van der Waals surface area contributed by atoms with Gasteiger partial charge >= 0.3 is 5.97 Å². The van der Waals surface area contributed by atoms with Gasteiger partial charge in [0.25, 0.3) is 5.91 Å². The molecule has 1 aromatic carbocycles. The number of carbonyl (C=O) groups is 2. The van der Waals surface area contributed by atoms with E-state index in [4.69, 9.17) is 4.74 Å². The third-order valence-corrected chi connectivity index (χ3v) is 2.54. The van der Waals surface area contributed by atoms with Gasteiger partial charge < -0.3 is 9.64 Å². The summed E-state index contributed by atoms with van der Waals surface area (Å²) < 4.78 is 6.37. The topological polar surface area (TPSA) is 90.2 Å². The first-order chi connectivity index (χ1) is 9.58. The number of esters is 1. The van der Waals surface area contributed by atoms with Crippen LogP contribution in [0.1, 0.15) is 10.4 Å². The molecule has 0 fully saturated rings. The Morgan fingerprint density at radius 3 is 2.50 bits per heavy atom. The first-order valence-electron chi connectivity index (χ1n) is 5.78. The van der Waals surface area contributed by atoms with Gasteiger partial charge in [-0.05, 0) is 34.7 Å². The van der Waals surface area contributed by atoms with E-state index < -0.39 is 5.97 Å². The second-order valence-electron chi connectivity index (χ2n) is 4.17. The smallest absolute Gasteiger partial charge is 0.338 e. The molecule has 0 saturated carbocycles. The summed E-state index contributed by atoms with van der Waals surface area (Å²) in [5, 5.41) is 10.8. The van der Waals surface area contributed by atoms with E-state index in [1.54, 1.807) is 38.4 Å². The van der Waals surface area contributed by atoms with Crippen molar-refractivity contribution in [1.82, 2.24) is 25.1 Å². The molecule has 0 unspecified atom stereocenters. The lowest BCUT2D eigenvalue weighted by atomic mass is 10.2. The van der Waals surface area contributed by atoms with Crippen LogP contribution >= 0.6 is 0 Å². The van der Waals surface area contributed by atoms with Gasteiger partial charge in [-0.2, -0.15) is 0 Å². The Balaban J connectivity index is 1.99. The largest absolute Gasteiger partial charge is 0.452 e. The minimum Gasteiger partial charge on any atom is -0.452 e. The average Bonchev–Trinajstić information content (AvgIpc) is 2.98. The third kappa shape index (κ3) is 3.16. The van der Waals surface area contributed by atoms with Crippen molar-refractivity contribution in [3.05, 3.63) is 36.2 Å². The van der Waals surface area contributed by atoms with Crippen LogP contribution in [0, 0.1) is 0 Å². The SMILES string of the molecule is CN(C)C(=O)COC(=O)c1ccc(-n2cnnn2)cc1. The van der Waals surface area contributed by atoms with Crippen LogP contribution in [-0.4, -0.2) is 57.7 Å². The molecular weight excluding hydrogens is 262 g/mol. The summed E-state index contributed by atoms with van der Waals surface area (Å²) in [4.78, 5) is 24.4. The van der Waals surface area contributed by atoms with E-state index in [0.717, 1.165) is 5.69 Å². The molecule has 1 amide bonds. The Hall–Kier alpha value is -2.77. The number of rotatable bonds is 4. The maximum Gasteiger partial charge on any atom is 0.338 e. The quantitative estimate of drug-likeness (QED) is 0.724. The molecule has 0 aliphatic heterocycles. The highest BCUT2D eigenvalue weighted by Crippen LogP contribution is 2.08. The van der Waals surface area contributed by atoms with E-state index >= 15 is 0 Å². The molecular formula is C12H13N5O3. The molecule has 104 valence electrons. The molecule has 2 rings (SSSR count). The van der Waals surface area contributed by atoms with Crippen LogP contribution < -0.4 is 0 Å². The third-order valence-electron chi connectivity index (χ3n) is 2.54. The van der Waals surface area contributed by atoms with Gasteiger partial charge in [0.2, 0.25) is 0 Å². The summed E-state index contributed by atoms with van der Waals surface area (Å²) in [6.45, 7) is -0.277. The van der Waals surface area contributed by atoms with Gasteiger partial charge in [-0.15, -0.1) is 5.10 Å². The van der Waals surface area contributed by atoms with Crippen LogP contribution in [0.3, 0.4) is 0 Å². The molecule has 20 heavy (non-hydrogen) atoms. The van der Waals surface area contributed by atoms with Crippen molar-refractivity contribution < 1.29 is 14.3 Å². The van der Waals surface area contributed by atoms with Crippen LogP contribution in [0.2, 0.25) is 0 Å². The van der Waals surface area contributed by atoms with Gasteiger partial charge in [-0.25, -0.2) is 9.48 Å². The summed E-state index contributed by atoms with van der Waals surface area (Å²) in [7, 11) is 3.19. The molecule has 8 nitrogen and oxygen atoms in total. The second kappa shape index (κ2) is 5.91. The fourth-order valence-electron chi connectivity index (χ4n) is 1.37. The van der Waals surface area contributed by atoms with E-state index in [1.807, 2.05) is 0 Å². The highest BCUT2D eigenvalue weighted by atomic mass is 16.5. The minimum atomic E-state index is -0.552. The Morgan fingerprint density at radius 2 is 1.95 bits per heavy atom. The zero-order valence-corrected chi connectivity index (χ0v) is 11.1. The van der Waals surface area contributed by atoms with Crippen LogP contribution in [0.5, 0.6) is 0 Å². The number of hydrogen-bond acceptors (Lipinski definition) is 6. The Labute approximate surface area is 114 Å². The summed E-state index contributed by atoms with van der Waals surface area (Å²) in [6.07, 6.45) is 1.45. The van der Waals surface area contributed by atoms with Crippen LogP contribution in [-0.2, 0) is 9.53 Å². The second-order valence-corrected chi connectivity index (χ2v) is 4.17. The lowest BCUT2D eigenvalue weighted by Crippen LogP contribution is -2.27. The molecule has 2 aromatic rings. The normalized spacial score (nSPS) is 10.1. The molecule has 0 bridgehead atoms. The van der Waals surface area contributed by atoms with E-state index in [2.05, 4.69) is 15.5 Å². The summed E-state index contributed by atoms with van der Waals surface area (Å²) >= 11 is 0. The van der Waals surface area contributed by atoms with E-state index in [9.17, 15) is 9.59 Å². The maximum absolute atomic E-state index is 11.7. The lowest BCUT2D eigenvalue weighted by Gasteiger charge is -2.10. The summed E-state index contributed by atoms with van der Waals surface area (Å²) in [5.74, 6) is -0.827. The van der Waals surface area contributed by atoms with Crippen molar-refractivity contribution >= 4 is 11.9 Å². The predicted molar refractivity (Wildman–Crippen MR) is 68.1 cm³/mol. The molecule has 0 aliphatic rings. The van der Waals surface area contributed by atoms with Crippen molar-refractivity contribution in [2.75, 3.05) is 20.7 Å². The molecule has 1 aromatic heterocycles. The van der Waals surface area contributed by atoms with Gasteiger partial charge in [-0.1, -0.05) is 0 Å². The number of hydrogen-bond donors (Lipinski definition) is 0. The molecule has 0 atom stereocenters. The Morgan fingerprint density at radius 1 is 1.25 bits per heavy atom. The zero-order valence-electron chi connectivity index (χ0n) is 11.1. The van der Waals surface area contributed by atoms with Gasteiger partial charge in [0, 0.05) is 14.1 Å². The number of benzene rings is 1. The number of nitrogens with zero attached hydrogens (tertiary/aromatic N) is 5. The van der Waals surface area contributed by atoms with Gasteiger partial charge in [-0.3, -0.25) is 4.79 Å². The van der Waals surface area contributed by atoms with E-state index in [1.165, 1.54) is 15.9 Å². The Kier molecular flexibility index (Phi) is 4.04. The van der Waals surface area contributed by atoms with Crippen LogP contribution in [0.25, 0.3) is 5.69 Å². The van der Waals surface area contributed by atoms with Crippen molar-refractivity contribution in [3.8, 4) is 5.69 Å². The molecule has 0 aliphatic carbocycles. The first-order valence-corrected chi connectivity index (χ1v) is 5.78. The standard InChI is InChI=1S/C12H13N5O3/c1-16(2)11(18)7-20-12(19)9-3-5-10(6-4-9)17-8-13-14-15-17/h3-6,8H,7H2,1-2H3. The number of amides is 1.